The molecule has 4 aromatic rings. The van der Waals surface area contributed by atoms with Crippen LogP contribution in [-0.2, 0) is 0 Å². The van der Waals surface area contributed by atoms with Crippen molar-refractivity contribution in [3.63, 3.8) is 0 Å². The molecule has 0 unspecified atom stereocenters. The molecule has 0 spiro atoms. The minimum atomic E-state index is -0.401. The highest BCUT2D eigenvalue weighted by atomic mass is 19.1. The molecule has 4 aromatic heterocycles. The van der Waals surface area contributed by atoms with Crippen LogP contribution in [0.25, 0.3) is 27.8 Å². The van der Waals surface area contributed by atoms with Gasteiger partial charge in [-0.25, -0.2) is 13.9 Å². The molecule has 1 fully saturated rings. The maximum Gasteiger partial charge on any atom is 0.160 e. The third kappa shape index (κ3) is 2.66. The molecule has 9 heteroatoms. The fraction of sp³-hybridized carbons (Fsp3) is 0.316. The van der Waals surface area contributed by atoms with Crippen molar-refractivity contribution >= 4 is 22.4 Å². The summed E-state index contributed by atoms with van der Waals surface area (Å²) in [4.78, 5) is 8.96. The van der Waals surface area contributed by atoms with Crippen LogP contribution in [0.2, 0.25) is 0 Å². The van der Waals surface area contributed by atoms with E-state index in [1.54, 1.807) is 30.1 Å². The second-order valence-electron chi connectivity index (χ2n) is 7.01. The van der Waals surface area contributed by atoms with Crippen molar-refractivity contribution in [2.45, 2.75) is 0 Å². The Labute approximate surface area is 160 Å². The molecule has 1 aliphatic heterocycles. The van der Waals surface area contributed by atoms with E-state index in [0.29, 0.717) is 22.3 Å². The molecule has 1 N–H and O–H groups in total. The number of nitrogens with one attached hydrogen (secondary N) is 1. The van der Waals surface area contributed by atoms with Crippen molar-refractivity contribution in [3.05, 3.63) is 36.4 Å². The minimum Gasteiger partial charge on any atom is -0.497 e. The van der Waals surface area contributed by atoms with Crippen LogP contribution in [0.5, 0.6) is 5.75 Å². The second-order valence-corrected chi connectivity index (χ2v) is 7.01. The molecule has 1 saturated heterocycles. The van der Waals surface area contributed by atoms with E-state index in [9.17, 15) is 0 Å². The third-order valence-electron chi connectivity index (χ3n) is 5.27. The number of rotatable bonds is 3. The number of aromatic amines is 1. The molecule has 0 aliphatic carbocycles. The van der Waals surface area contributed by atoms with E-state index >= 15 is 4.39 Å². The summed E-state index contributed by atoms with van der Waals surface area (Å²) in [6.07, 6.45) is 3.39. The van der Waals surface area contributed by atoms with E-state index in [1.807, 2.05) is 6.07 Å². The number of H-pyrrole nitrogens is 1. The fourth-order valence-corrected chi connectivity index (χ4v) is 3.63. The predicted molar refractivity (Wildman–Crippen MR) is 104 cm³/mol. The number of methoxy groups -OCH3 is 1. The molecule has 0 atom stereocenters. The summed E-state index contributed by atoms with van der Waals surface area (Å²) < 4.78 is 22.0. The van der Waals surface area contributed by atoms with E-state index in [-0.39, 0.29) is 5.69 Å². The Morgan fingerprint density at radius 1 is 1.18 bits per heavy atom. The smallest absolute Gasteiger partial charge is 0.160 e. The molecule has 8 nitrogen and oxygen atoms in total. The number of nitrogens with zero attached hydrogens (tertiary/aromatic N) is 6. The van der Waals surface area contributed by atoms with Crippen LogP contribution in [0, 0.1) is 5.82 Å². The quantitative estimate of drug-likeness (QED) is 0.586. The van der Waals surface area contributed by atoms with Crippen molar-refractivity contribution < 1.29 is 9.13 Å². The maximum atomic E-state index is 15.1. The van der Waals surface area contributed by atoms with E-state index in [2.05, 4.69) is 37.1 Å². The number of piperazine rings is 1. The molecule has 5 heterocycles. The standard InChI is InChI=1S/C19H20FN7O/c1-25-5-7-26(8-6-25)19-13-10-15(20)17(22-18(13)23-24-19)14-11-21-27-4-3-12(28-2)9-16(14)27/h3-4,9-11H,5-8H2,1-2H3,(H,22,23,24). The molecule has 0 amide bonds. The minimum absolute atomic E-state index is 0.240. The van der Waals surface area contributed by atoms with Gasteiger partial charge in [-0.1, -0.05) is 0 Å². The van der Waals surface area contributed by atoms with Crippen molar-refractivity contribution in [2.75, 3.05) is 45.2 Å². The van der Waals surface area contributed by atoms with Crippen LogP contribution in [-0.4, -0.2) is 70.0 Å². The molecule has 0 aromatic carbocycles. The summed E-state index contributed by atoms with van der Waals surface area (Å²) in [5.74, 6) is 1.03. The molecule has 1 aliphatic rings. The Kier molecular flexibility index (Phi) is 3.90. The van der Waals surface area contributed by atoms with Gasteiger partial charge >= 0.3 is 0 Å². The van der Waals surface area contributed by atoms with E-state index in [0.717, 1.165) is 37.5 Å². The van der Waals surface area contributed by atoms with E-state index in [1.165, 1.54) is 6.07 Å². The number of fused-ring (bicyclic) bond motifs is 2. The summed E-state index contributed by atoms with van der Waals surface area (Å²) in [7, 11) is 3.69. The highest BCUT2D eigenvalue weighted by molar-refractivity contribution is 5.91. The summed E-state index contributed by atoms with van der Waals surface area (Å²) in [5.41, 5.74) is 2.13. The van der Waals surface area contributed by atoms with Gasteiger partial charge in [0.05, 0.1) is 24.2 Å². The lowest BCUT2D eigenvalue weighted by molar-refractivity contribution is 0.312. The third-order valence-corrected chi connectivity index (χ3v) is 5.27. The summed E-state index contributed by atoms with van der Waals surface area (Å²) in [6.45, 7) is 3.61. The van der Waals surface area contributed by atoms with Crippen molar-refractivity contribution in [1.29, 1.82) is 0 Å². The zero-order chi connectivity index (χ0) is 19.3. The Hall–Kier alpha value is -3.20. The maximum absolute atomic E-state index is 15.1. The van der Waals surface area contributed by atoms with E-state index in [4.69, 9.17) is 4.74 Å². The van der Waals surface area contributed by atoms with Crippen LogP contribution >= 0.6 is 0 Å². The first-order valence-corrected chi connectivity index (χ1v) is 9.14. The Balaban J connectivity index is 1.59. The molecule has 28 heavy (non-hydrogen) atoms. The normalized spacial score (nSPS) is 15.6. The van der Waals surface area contributed by atoms with Gasteiger partial charge in [0.25, 0.3) is 0 Å². The first-order valence-electron chi connectivity index (χ1n) is 9.14. The first kappa shape index (κ1) is 16.9. The number of anilines is 1. The highest BCUT2D eigenvalue weighted by Crippen LogP contribution is 2.32. The lowest BCUT2D eigenvalue weighted by atomic mass is 10.1. The van der Waals surface area contributed by atoms with Crippen molar-refractivity contribution in [1.82, 2.24) is 29.7 Å². The molecule has 144 valence electrons. The zero-order valence-corrected chi connectivity index (χ0v) is 15.7. The molecular formula is C19H20FN7O. The van der Waals surface area contributed by atoms with Crippen molar-refractivity contribution in [2.24, 2.45) is 0 Å². The van der Waals surface area contributed by atoms with Gasteiger partial charge in [0.2, 0.25) is 0 Å². The number of ether oxygens (including phenoxy) is 1. The second kappa shape index (κ2) is 6.45. The fourth-order valence-electron chi connectivity index (χ4n) is 3.63. The van der Waals surface area contributed by atoms with Gasteiger partial charge in [-0.05, 0) is 19.2 Å². The summed E-state index contributed by atoms with van der Waals surface area (Å²) in [6, 6.07) is 5.13. The topological polar surface area (TPSA) is 74.6 Å². The number of pyridine rings is 2. The monoisotopic (exact) mass is 381 g/mol. The number of hydrogen-bond acceptors (Lipinski definition) is 6. The molecule has 0 radical (unpaired) electrons. The van der Waals surface area contributed by atoms with E-state index < -0.39 is 5.82 Å². The Bertz CT molecular complexity index is 1160. The van der Waals surface area contributed by atoms with Gasteiger partial charge < -0.3 is 14.5 Å². The molecular weight excluding hydrogens is 361 g/mol. The highest BCUT2D eigenvalue weighted by Gasteiger charge is 2.22. The number of hydrogen-bond donors (Lipinski definition) is 1. The predicted octanol–water partition coefficient (Wildman–Crippen LogP) is 2.17. The van der Waals surface area contributed by atoms with Gasteiger partial charge in [-0.3, -0.25) is 5.10 Å². The Morgan fingerprint density at radius 2 is 2.00 bits per heavy atom. The van der Waals surface area contributed by atoms with Gasteiger partial charge in [-0.15, -0.1) is 0 Å². The average molecular weight is 381 g/mol. The van der Waals surface area contributed by atoms with Gasteiger partial charge in [0.1, 0.15) is 11.4 Å². The van der Waals surface area contributed by atoms with Gasteiger partial charge in [-0.2, -0.15) is 10.2 Å². The van der Waals surface area contributed by atoms with Crippen LogP contribution in [0.4, 0.5) is 10.2 Å². The lowest BCUT2D eigenvalue weighted by Gasteiger charge is -2.32. The van der Waals surface area contributed by atoms with Crippen LogP contribution in [0.3, 0.4) is 0 Å². The van der Waals surface area contributed by atoms with Crippen LogP contribution < -0.4 is 9.64 Å². The largest absolute Gasteiger partial charge is 0.497 e. The van der Waals surface area contributed by atoms with Gasteiger partial charge in [0, 0.05) is 44.0 Å². The average Bonchev–Trinajstić information content (AvgIpc) is 3.31. The lowest BCUT2D eigenvalue weighted by Crippen LogP contribution is -2.44. The van der Waals surface area contributed by atoms with Gasteiger partial charge in [0.15, 0.2) is 17.3 Å². The molecule has 0 saturated carbocycles. The first-order chi connectivity index (χ1) is 13.6. The summed E-state index contributed by atoms with van der Waals surface area (Å²) in [5, 5.41) is 12.4. The Morgan fingerprint density at radius 3 is 2.79 bits per heavy atom. The molecule has 5 rings (SSSR count). The van der Waals surface area contributed by atoms with Crippen LogP contribution in [0.1, 0.15) is 0 Å². The summed E-state index contributed by atoms with van der Waals surface area (Å²) >= 11 is 0. The van der Waals surface area contributed by atoms with Crippen LogP contribution in [0.15, 0.2) is 30.6 Å². The number of likely N-dealkylation sites (N-methyl/N-ethyl adjacent to an activating group) is 1. The van der Waals surface area contributed by atoms with Crippen molar-refractivity contribution in [3.8, 4) is 17.0 Å². The SMILES string of the molecule is COc1ccn2ncc(-c3nc4[nH]nc(N5CCN(C)CC5)c4cc3F)c2c1. The zero-order valence-electron chi connectivity index (χ0n) is 15.7. The number of halogens is 1. The molecule has 0 bridgehead atoms. The number of aromatic nitrogens is 5.